The molecule has 2 aromatic carbocycles. The lowest BCUT2D eigenvalue weighted by atomic mass is 10.1. The fourth-order valence-corrected chi connectivity index (χ4v) is 3.35. The molecule has 1 aromatic heterocycles. The van der Waals surface area contributed by atoms with E-state index in [0.717, 1.165) is 38.1 Å². The molecule has 192 valence electrons. The Morgan fingerprint density at radius 3 is 2.14 bits per heavy atom. The SMILES string of the molecule is CCC(/C=C/c1ccccc1)Oc1ccc(C)cc1.CCCN(CCC)c1ncc(C(=O)NO)cn1. The van der Waals surface area contributed by atoms with Gasteiger partial charge in [0.15, 0.2) is 0 Å². The van der Waals surface area contributed by atoms with Crippen LogP contribution in [0, 0.1) is 6.92 Å². The number of nitrogens with zero attached hydrogens (tertiary/aromatic N) is 3. The summed E-state index contributed by atoms with van der Waals surface area (Å²) in [6, 6.07) is 18.5. The minimum Gasteiger partial charge on any atom is -0.486 e. The maximum Gasteiger partial charge on any atom is 0.277 e. The number of aromatic nitrogens is 2. The predicted molar refractivity (Wildman–Crippen MR) is 145 cm³/mol. The molecule has 1 atom stereocenters. The summed E-state index contributed by atoms with van der Waals surface area (Å²) in [5.41, 5.74) is 4.24. The third kappa shape index (κ3) is 9.88. The fourth-order valence-electron chi connectivity index (χ4n) is 3.35. The van der Waals surface area contributed by atoms with Gasteiger partial charge in [-0.2, -0.15) is 0 Å². The van der Waals surface area contributed by atoms with Crippen molar-refractivity contribution in [3.8, 4) is 5.75 Å². The zero-order chi connectivity index (χ0) is 26.2. The smallest absolute Gasteiger partial charge is 0.277 e. The first-order valence-electron chi connectivity index (χ1n) is 12.5. The number of anilines is 1. The molecule has 7 heteroatoms. The van der Waals surface area contributed by atoms with E-state index in [2.05, 4.69) is 79.0 Å². The van der Waals surface area contributed by atoms with Gasteiger partial charge in [0.2, 0.25) is 5.95 Å². The summed E-state index contributed by atoms with van der Waals surface area (Å²) in [7, 11) is 0. The molecule has 0 bridgehead atoms. The number of benzene rings is 2. The lowest BCUT2D eigenvalue weighted by Crippen LogP contribution is -2.27. The van der Waals surface area contributed by atoms with Crippen molar-refractivity contribution in [3.63, 3.8) is 0 Å². The van der Waals surface area contributed by atoms with Gasteiger partial charge in [-0.25, -0.2) is 15.4 Å². The number of rotatable bonds is 11. The van der Waals surface area contributed by atoms with E-state index in [4.69, 9.17) is 9.94 Å². The minimum absolute atomic E-state index is 0.114. The molecule has 0 aliphatic heterocycles. The molecular weight excluding hydrogens is 452 g/mol. The van der Waals surface area contributed by atoms with Gasteiger partial charge in [0, 0.05) is 25.5 Å². The maximum absolute atomic E-state index is 11.1. The van der Waals surface area contributed by atoms with Gasteiger partial charge in [0.25, 0.3) is 5.91 Å². The number of carbonyl (C=O) groups is 1. The summed E-state index contributed by atoms with van der Waals surface area (Å²) in [4.78, 5) is 21.4. The van der Waals surface area contributed by atoms with Crippen LogP contribution in [0.3, 0.4) is 0 Å². The molecule has 1 unspecified atom stereocenters. The van der Waals surface area contributed by atoms with Gasteiger partial charge in [-0.05, 0) is 50.0 Å². The van der Waals surface area contributed by atoms with Gasteiger partial charge in [0.05, 0.1) is 5.56 Å². The minimum atomic E-state index is -0.603. The number of carbonyl (C=O) groups excluding carboxylic acids is 1. The number of hydroxylamine groups is 1. The van der Waals surface area contributed by atoms with Crippen LogP contribution in [0.5, 0.6) is 5.75 Å². The first-order chi connectivity index (χ1) is 17.5. The Labute approximate surface area is 214 Å². The van der Waals surface area contributed by atoms with Crippen LogP contribution < -0.4 is 15.1 Å². The molecule has 1 amide bonds. The van der Waals surface area contributed by atoms with Crippen LogP contribution >= 0.6 is 0 Å². The van der Waals surface area contributed by atoms with Gasteiger partial charge < -0.3 is 9.64 Å². The summed E-state index contributed by atoms with van der Waals surface area (Å²) < 4.78 is 5.95. The van der Waals surface area contributed by atoms with Crippen LogP contribution in [0.2, 0.25) is 0 Å². The second-order valence-corrected chi connectivity index (χ2v) is 8.35. The van der Waals surface area contributed by atoms with E-state index in [1.807, 2.05) is 30.3 Å². The largest absolute Gasteiger partial charge is 0.486 e. The summed E-state index contributed by atoms with van der Waals surface area (Å²) >= 11 is 0. The highest BCUT2D eigenvalue weighted by Gasteiger charge is 2.10. The highest BCUT2D eigenvalue weighted by molar-refractivity contribution is 5.92. The molecule has 0 radical (unpaired) electrons. The summed E-state index contributed by atoms with van der Waals surface area (Å²) in [6.45, 7) is 10.2. The van der Waals surface area contributed by atoms with Crippen molar-refractivity contribution in [2.45, 2.75) is 53.1 Å². The monoisotopic (exact) mass is 490 g/mol. The van der Waals surface area contributed by atoms with E-state index in [0.29, 0.717) is 5.95 Å². The Morgan fingerprint density at radius 2 is 1.61 bits per heavy atom. The van der Waals surface area contributed by atoms with Crippen LogP contribution in [0.15, 0.2) is 73.1 Å². The van der Waals surface area contributed by atoms with Gasteiger partial charge in [0.1, 0.15) is 11.9 Å². The van der Waals surface area contributed by atoms with Gasteiger partial charge >= 0.3 is 0 Å². The molecule has 3 aromatic rings. The fraction of sp³-hybridized carbons (Fsp3) is 0.345. The van der Waals surface area contributed by atoms with Crippen LogP contribution in [0.1, 0.15) is 61.5 Å². The van der Waals surface area contributed by atoms with Crippen molar-refractivity contribution in [3.05, 3.63) is 89.8 Å². The highest BCUT2D eigenvalue weighted by Crippen LogP contribution is 2.16. The van der Waals surface area contributed by atoms with E-state index < -0.39 is 5.91 Å². The van der Waals surface area contributed by atoms with Crippen molar-refractivity contribution in [2.24, 2.45) is 0 Å². The van der Waals surface area contributed by atoms with Crippen molar-refractivity contribution in [2.75, 3.05) is 18.0 Å². The number of ether oxygens (including phenoxy) is 1. The van der Waals surface area contributed by atoms with Crippen molar-refractivity contribution in [1.29, 1.82) is 0 Å². The number of hydrogen-bond donors (Lipinski definition) is 2. The quantitative estimate of drug-likeness (QED) is 0.250. The molecule has 0 spiro atoms. The lowest BCUT2D eigenvalue weighted by Gasteiger charge is -2.20. The lowest BCUT2D eigenvalue weighted by molar-refractivity contribution is 0.0705. The molecule has 36 heavy (non-hydrogen) atoms. The Balaban J connectivity index is 0.000000255. The van der Waals surface area contributed by atoms with Gasteiger partial charge in [-0.3, -0.25) is 10.0 Å². The number of hydrogen-bond acceptors (Lipinski definition) is 6. The molecule has 0 saturated carbocycles. The van der Waals surface area contributed by atoms with Crippen LogP contribution in [-0.4, -0.2) is 40.3 Å². The molecular formula is C29H38N4O3. The maximum atomic E-state index is 11.1. The summed E-state index contributed by atoms with van der Waals surface area (Å²) in [6.07, 6.45) is 10.2. The zero-order valence-electron chi connectivity index (χ0n) is 21.7. The molecule has 2 N–H and O–H groups in total. The van der Waals surface area contributed by atoms with Crippen molar-refractivity contribution < 1.29 is 14.7 Å². The first-order valence-corrected chi connectivity index (χ1v) is 12.5. The average Bonchev–Trinajstić information content (AvgIpc) is 2.92. The third-order valence-electron chi connectivity index (χ3n) is 5.29. The third-order valence-corrected chi connectivity index (χ3v) is 5.29. The second-order valence-electron chi connectivity index (χ2n) is 8.35. The van der Waals surface area contributed by atoms with Crippen molar-refractivity contribution >= 4 is 17.9 Å². The Kier molecular flexibility index (Phi) is 12.7. The average molecular weight is 491 g/mol. The predicted octanol–water partition coefficient (Wildman–Crippen LogP) is 6.09. The van der Waals surface area contributed by atoms with E-state index in [1.54, 1.807) is 5.48 Å². The molecule has 1 heterocycles. The molecule has 7 nitrogen and oxygen atoms in total. The van der Waals surface area contributed by atoms with E-state index >= 15 is 0 Å². The Hall–Kier alpha value is -3.71. The molecule has 0 aliphatic carbocycles. The van der Waals surface area contributed by atoms with Gasteiger partial charge in [-0.15, -0.1) is 0 Å². The van der Waals surface area contributed by atoms with E-state index in [9.17, 15) is 4.79 Å². The summed E-state index contributed by atoms with van der Waals surface area (Å²) in [5, 5.41) is 8.47. The van der Waals surface area contributed by atoms with Crippen molar-refractivity contribution in [1.82, 2.24) is 15.4 Å². The number of nitrogens with one attached hydrogen (secondary N) is 1. The standard InChI is InChI=1S/C18H20O.C11H18N4O2/c1-3-17(14-11-16-7-5-4-6-8-16)19-18-12-9-15(2)10-13-18;1-3-5-15(6-4-2)11-12-7-9(8-13-11)10(16)14-17/h4-14,17H,3H2,1-2H3;7-8,17H,3-6H2,1-2H3,(H,14,16)/b14-11+;. The molecule has 0 fully saturated rings. The van der Waals surface area contributed by atoms with E-state index in [-0.39, 0.29) is 11.7 Å². The first kappa shape index (κ1) is 28.5. The molecule has 3 rings (SSSR count). The zero-order valence-corrected chi connectivity index (χ0v) is 21.7. The van der Waals surface area contributed by atoms with Crippen LogP contribution in [-0.2, 0) is 0 Å². The van der Waals surface area contributed by atoms with E-state index in [1.165, 1.54) is 23.5 Å². The number of aryl methyl sites for hydroxylation is 1. The van der Waals surface area contributed by atoms with Crippen LogP contribution in [0.4, 0.5) is 5.95 Å². The Morgan fingerprint density at radius 1 is 1.00 bits per heavy atom. The second kappa shape index (κ2) is 16.1. The summed E-state index contributed by atoms with van der Waals surface area (Å²) in [5.74, 6) is 0.937. The number of amides is 1. The highest BCUT2D eigenvalue weighted by atomic mass is 16.5. The molecule has 0 saturated heterocycles. The normalized spacial score (nSPS) is 11.4. The topological polar surface area (TPSA) is 87.6 Å². The van der Waals surface area contributed by atoms with Crippen LogP contribution in [0.25, 0.3) is 6.08 Å². The van der Waals surface area contributed by atoms with Gasteiger partial charge in [-0.1, -0.05) is 74.9 Å². The molecule has 0 aliphatic rings. The Bertz CT molecular complexity index is 1030.